The zero-order valence-corrected chi connectivity index (χ0v) is 8.97. The summed E-state index contributed by atoms with van der Waals surface area (Å²) in [5.74, 6) is -0.724. The van der Waals surface area contributed by atoms with E-state index in [9.17, 15) is 14.7 Å². The van der Waals surface area contributed by atoms with Crippen molar-refractivity contribution < 1.29 is 24.2 Å². The number of fused-ring (bicyclic) bond motifs is 1. The van der Waals surface area contributed by atoms with Crippen molar-refractivity contribution in [2.24, 2.45) is 0 Å². The Hall–Kier alpha value is -1.46. The van der Waals surface area contributed by atoms with Crippen molar-refractivity contribution in [3.8, 4) is 0 Å². The van der Waals surface area contributed by atoms with Crippen molar-refractivity contribution in [2.75, 3.05) is 7.11 Å². The number of carbonyl (C=O) groups is 2. The summed E-state index contributed by atoms with van der Waals surface area (Å²) in [7, 11) is 1.25. The van der Waals surface area contributed by atoms with E-state index in [0.717, 1.165) is 6.08 Å². The average molecular weight is 224 g/mol. The number of hydrogen-bond acceptors (Lipinski definition) is 5. The molecule has 5 heteroatoms. The van der Waals surface area contributed by atoms with E-state index in [2.05, 4.69) is 4.74 Å². The highest BCUT2D eigenvalue weighted by Crippen LogP contribution is 2.44. The van der Waals surface area contributed by atoms with Crippen LogP contribution in [0.25, 0.3) is 0 Å². The third-order valence-corrected chi connectivity index (χ3v) is 2.89. The maximum absolute atomic E-state index is 11.6. The Balaban J connectivity index is 2.17. The normalized spacial score (nSPS) is 36.9. The lowest BCUT2D eigenvalue weighted by atomic mass is 9.87. The second-order valence-corrected chi connectivity index (χ2v) is 3.96. The van der Waals surface area contributed by atoms with Crippen molar-refractivity contribution >= 4 is 11.8 Å². The first-order valence-electron chi connectivity index (χ1n) is 4.87. The fraction of sp³-hybridized carbons (Fsp3) is 0.455. The number of carbonyl (C=O) groups excluding carboxylic acids is 2. The molecule has 0 aromatic heterocycles. The fourth-order valence-corrected chi connectivity index (χ4v) is 1.73. The van der Waals surface area contributed by atoms with Gasteiger partial charge in [0.05, 0.1) is 7.11 Å². The van der Waals surface area contributed by atoms with E-state index in [1.807, 2.05) is 0 Å². The third kappa shape index (κ3) is 1.58. The lowest BCUT2D eigenvalue weighted by Crippen LogP contribution is -2.34. The molecule has 3 atom stereocenters. The minimum absolute atomic E-state index is 0.188. The van der Waals surface area contributed by atoms with Crippen LogP contribution in [0.2, 0.25) is 0 Å². The molecule has 0 bridgehead atoms. The summed E-state index contributed by atoms with van der Waals surface area (Å²) in [5.41, 5.74) is -0.502. The van der Waals surface area contributed by atoms with Gasteiger partial charge < -0.3 is 14.6 Å². The van der Waals surface area contributed by atoms with E-state index < -0.39 is 23.8 Å². The van der Waals surface area contributed by atoms with Crippen molar-refractivity contribution in [3.63, 3.8) is 0 Å². The highest BCUT2D eigenvalue weighted by Gasteiger charge is 2.63. The molecule has 16 heavy (non-hydrogen) atoms. The van der Waals surface area contributed by atoms with Gasteiger partial charge in [-0.15, -0.1) is 0 Å². The lowest BCUT2D eigenvalue weighted by molar-refractivity contribution is -0.134. The van der Waals surface area contributed by atoms with Crippen LogP contribution in [0, 0.1) is 0 Å². The first kappa shape index (κ1) is 11.0. The van der Waals surface area contributed by atoms with Crippen molar-refractivity contribution in [3.05, 3.63) is 23.8 Å². The van der Waals surface area contributed by atoms with Gasteiger partial charge in [0.25, 0.3) is 0 Å². The van der Waals surface area contributed by atoms with E-state index in [0.29, 0.717) is 5.57 Å². The Morgan fingerprint density at radius 3 is 3.00 bits per heavy atom. The van der Waals surface area contributed by atoms with Crippen molar-refractivity contribution in [1.82, 2.24) is 0 Å². The van der Waals surface area contributed by atoms with Gasteiger partial charge in [-0.2, -0.15) is 0 Å². The quantitative estimate of drug-likeness (QED) is 0.397. The number of esters is 1. The predicted octanol–water partition coefficient (Wildman–Crippen LogP) is -0.257. The Morgan fingerprint density at radius 1 is 1.69 bits per heavy atom. The summed E-state index contributed by atoms with van der Waals surface area (Å²) in [4.78, 5) is 22.4. The molecule has 0 aromatic carbocycles. The Labute approximate surface area is 92.3 Å². The number of hydrogen-bond donors (Lipinski definition) is 1. The number of methoxy groups -OCH3 is 1. The van der Waals surface area contributed by atoms with Crippen LogP contribution in [0.4, 0.5) is 0 Å². The van der Waals surface area contributed by atoms with E-state index in [4.69, 9.17) is 4.74 Å². The molecule has 1 N–H and O–H groups in total. The Kier molecular flexibility index (Phi) is 2.44. The van der Waals surface area contributed by atoms with E-state index in [1.165, 1.54) is 19.3 Å². The van der Waals surface area contributed by atoms with Crippen LogP contribution in [-0.2, 0) is 19.1 Å². The molecule has 2 rings (SSSR count). The molecule has 1 fully saturated rings. The van der Waals surface area contributed by atoms with Crippen LogP contribution in [0.1, 0.15) is 6.92 Å². The number of ketones is 1. The van der Waals surface area contributed by atoms with Crippen LogP contribution in [-0.4, -0.2) is 41.8 Å². The first-order chi connectivity index (χ1) is 7.49. The monoisotopic (exact) mass is 224 g/mol. The van der Waals surface area contributed by atoms with E-state index >= 15 is 0 Å². The van der Waals surface area contributed by atoms with Gasteiger partial charge in [0.2, 0.25) is 0 Å². The summed E-state index contributed by atoms with van der Waals surface area (Å²) >= 11 is 0. The number of epoxide rings is 1. The molecule has 1 heterocycles. The molecule has 5 nitrogen and oxygen atoms in total. The van der Waals surface area contributed by atoms with E-state index in [-0.39, 0.29) is 5.78 Å². The largest absolute Gasteiger partial charge is 0.466 e. The molecule has 0 spiro atoms. The van der Waals surface area contributed by atoms with Gasteiger partial charge in [0, 0.05) is 6.08 Å². The summed E-state index contributed by atoms with van der Waals surface area (Å²) in [6, 6.07) is 0. The van der Waals surface area contributed by atoms with Gasteiger partial charge in [0.1, 0.15) is 12.2 Å². The maximum atomic E-state index is 11.6. The van der Waals surface area contributed by atoms with Gasteiger partial charge in [0.15, 0.2) is 11.4 Å². The SMILES string of the molecule is COC(=O)/C=C/C1=CC(=O)[C@]2(C)O[C@@H]2[C@H]1O. The minimum atomic E-state index is -0.873. The molecule has 1 aliphatic carbocycles. The number of rotatable bonds is 2. The summed E-state index contributed by atoms with van der Waals surface area (Å²) < 4.78 is 9.56. The molecule has 0 radical (unpaired) electrons. The summed E-state index contributed by atoms with van der Waals surface area (Å²) in [5, 5.41) is 9.80. The highest BCUT2D eigenvalue weighted by atomic mass is 16.6. The molecule has 0 aromatic rings. The predicted molar refractivity (Wildman–Crippen MR) is 53.5 cm³/mol. The van der Waals surface area contributed by atoms with Crippen LogP contribution < -0.4 is 0 Å². The lowest BCUT2D eigenvalue weighted by Gasteiger charge is -2.15. The van der Waals surface area contributed by atoms with Gasteiger partial charge in [-0.25, -0.2) is 4.79 Å². The molecular formula is C11H12O5. The molecule has 1 aliphatic heterocycles. The molecule has 1 saturated heterocycles. The second kappa shape index (κ2) is 3.54. The van der Waals surface area contributed by atoms with Crippen LogP contribution in [0.5, 0.6) is 0 Å². The molecule has 0 saturated carbocycles. The smallest absolute Gasteiger partial charge is 0.330 e. The molecular weight excluding hydrogens is 212 g/mol. The van der Waals surface area contributed by atoms with Gasteiger partial charge in [-0.1, -0.05) is 0 Å². The van der Waals surface area contributed by atoms with Crippen LogP contribution in [0.15, 0.2) is 23.8 Å². The molecule has 0 amide bonds. The van der Waals surface area contributed by atoms with Gasteiger partial charge in [-0.05, 0) is 24.6 Å². The molecule has 86 valence electrons. The topological polar surface area (TPSA) is 76.1 Å². The zero-order valence-electron chi connectivity index (χ0n) is 8.97. The zero-order chi connectivity index (χ0) is 11.9. The van der Waals surface area contributed by atoms with Crippen LogP contribution in [0.3, 0.4) is 0 Å². The van der Waals surface area contributed by atoms with Crippen LogP contribution >= 0.6 is 0 Å². The fourth-order valence-electron chi connectivity index (χ4n) is 1.73. The Morgan fingerprint density at radius 2 is 2.38 bits per heavy atom. The van der Waals surface area contributed by atoms with Crippen molar-refractivity contribution in [1.29, 1.82) is 0 Å². The highest BCUT2D eigenvalue weighted by molar-refractivity contribution is 6.02. The second-order valence-electron chi connectivity index (χ2n) is 3.96. The van der Waals surface area contributed by atoms with Crippen molar-refractivity contribution in [2.45, 2.75) is 24.7 Å². The standard InChI is InChI=1S/C11H12O5/c1-11-7(12)5-6(3-4-8(13)15-2)9(14)10(11)16-11/h3-5,9-10,14H,1-2H3/b4-3+/t9-,10+,11-/m0/s1. The molecule has 2 aliphatic rings. The summed E-state index contributed by atoms with van der Waals surface area (Å²) in [6.45, 7) is 1.64. The maximum Gasteiger partial charge on any atom is 0.330 e. The third-order valence-electron chi connectivity index (χ3n) is 2.89. The van der Waals surface area contributed by atoms with E-state index in [1.54, 1.807) is 6.92 Å². The number of aliphatic hydroxyl groups is 1. The number of aliphatic hydroxyl groups excluding tert-OH is 1. The number of ether oxygens (including phenoxy) is 2. The minimum Gasteiger partial charge on any atom is -0.466 e. The summed E-state index contributed by atoms with van der Waals surface area (Å²) in [6.07, 6.45) is 2.46. The van der Waals surface area contributed by atoms with Gasteiger partial charge in [-0.3, -0.25) is 4.79 Å². The van der Waals surface area contributed by atoms with Gasteiger partial charge >= 0.3 is 5.97 Å². The molecule has 0 unspecified atom stereocenters. The average Bonchev–Trinajstić information content (AvgIpc) is 2.96. The first-order valence-corrected chi connectivity index (χ1v) is 4.87. The Bertz CT molecular complexity index is 409.